The molecule has 0 aliphatic carbocycles. The Balaban J connectivity index is 3.13. The lowest BCUT2D eigenvalue weighted by atomic mass is 10.1. The van der Waals surface area contributed by atoms with Crippen molar-refractivity contribution in [3.63, 3.8) is 0 Å². The Kier molecular flexibility index (Phi) is 8.08. The fourth-order valence-corrected chi connectivity index (χ4v) is 1.34. The van der Waals surface area contributed by atoms with Crippen LogP contribution in [0.1, 0.15) is 45.4 Å². The number of hydrogen-bond acceptors (Lipinski definition) is 4. The van der Waals surface area contributed by atoms with E-state index in [-0.39, 0.29) is 6.10 Å². The summed E-state index contributed by atoms with van der Waals surface area (Å²) in [4.78, 5) is 0. The lowest BCUT2D eigenvalue weighted by molar-refractivity contribution is 0.133. The zero-order valence-electron chi connectivity index (χ0n) is 9.02. The molecule has 0 aromatic heterocycles. The zero-order chi connectivity index (χ0) is 11.0. The Morgan fingerprint density at radius 3 is 1.86 bits per heavy atom. The molecule has 0 saturated carbocycles. The maximum Gasteiger partial charge on any atom is 0.0820 e. The van der Waals surface area contributed by atoms with Crippen molar-refractivity contribution < 1.29 is 10.2 Å². The van der Waals surface area contributed by atoms with E-state index in [0.717, 1.165) is 32.1 Å². The Bertz CT molecular complexity index is 129. The first-order valence-corrected chi connectivity index (χ1v) is 5.41. The van der Waals surface area contributed by atoms with Gasteiger partial charge in [0.05, 0.1) is 18.4 Å². The summed E-state index contributed by atoms with van der Waals surface area (Å²) in [6.07, 6.45) is 4.30. The number of aliphatic hydroxyl groups is 2. The Morgan fingerprint density at radius 1 is 0.929 bits per heavy atom. The van der Waals surface area contributed by atoms with Crippen molar-refractivity contribution in [2.75, 3.05) is 0 Å². The zero-order valence-corrected chi connectivity index (χ0v) is 9.02. The number of hydrogen-bond donors (Lipinski definition) is 4. The van der Waals surface area contributed by atoms with Crippen LogP contribution in [0.4, 0.5) is 0 Å². The van der Waals surface area contributed by atoms with E-state index in [1.165, 1.54) is 0 Å². The van der Waals surface area contributed by atoms with E-state index in [1.54, 1.807) is 6.92 Å². The van der Waals surface area contributed by atoms with Gasteiger partial charge >= 0.3 is 0 Å². The molecule has 0 saturated heterocycles. The topological polar surface area (TPSA) is 92.5 Å². The summed E-state index contributed by atoms with van der Waals surface area (Å²) in [7, 11) is 0. The molecular formula is C10H24N2O2. The van der Waals surface area contributed by atoms with Crippen LogP contribution in [0.2, 0.25) is 0 Å². The summed E-state index contributed by atoms with van der Waals surface area (Å²) in [5.74, 6) is 0. The van der Waals surface area contributed by atoms with Crippen molar-refractivity contribution in [3.8, 4) is 0 Å². The Morgan fingerprint density at radius 2 is 1.43 bits per heavy atom. The van der Waals surface area contributed by atoms with Gasteiger partial charge < -0.3 is 21.7 Å². The molecule has 0 rings (SSSR count). The molecule has 0 heterocycles. The molecule has 2 unspecified atom stereocenters. The van der Waals surface area contributed by atoms with Crippen LogP contribution >= 0.6 is 0 Å². The highest BCUT2D eigenvalue weighted by molar-refractivity contribution is 4.64. The van der Waals surface area contributed by atoms with Crippen LogP contribution in [-0.2, 0) is 0 Å². The molecule has 0 radical (unpaired) electrons. The first-order chi connectivity index (χ1) is 6.54. The Labute approximate surface area is 86.3 Å². The summed E-state index contributed by atoms with van der Waals surface area (Å²) in [6, 6.07) is 0. The molecule has 4 nitrogen and oxygen atoms in total. The minimum atomic E-state index is -0.618. The highest BCUT2D eigenvalue weighted by Crippen LogP contribution is 2.09. The molecule has 86 valence electrons. The number of nitrogens with two attached hydrogens (primary N) is 2. The monoisotopic (exact) mass is 204 g/mol. The summed E-state index contributed by atoms with van der Waals surface area (Å²) >= 11 is 0. The fourth-order valence-electron chi connectivity index (χ4n) is 1.34. The van der Waals surface area contributed by atoms with E-state index < -0.39 is 12.3 Å². The molecule has 4 heteroatoms. The number of rotatable bonds is 8. The average Bonchev–Trinajstić information content (AvgIpc) is 2.09. The van der Waals surface area contributed by atoms with Gasteiger partial charge in [-0.15, -0.1) is 0 Å². The van der Waals surface area contributed by atoms with Crippen molar-refractivity contribution in [2.45, 2.75) is 63.8 Å². The van der Waals surface area contributed by atoms with Crippen molar-refractivity contribution >= 4 is 0 Å². The van der Waals surface area contributed by atoms with E-state index >= 15 is 0 Å². The molecule has 0 aliphatic rings. The molecule has 14 heavy (non-hydrogen) atoms. The van der Waals surface area contributed by atoms with Crippen molar-refractivity contribution in [1.29, 1.82) is 0 Å². The SMILES string of the molecule is CC(O)CCCCCCC(O)C(N)N. The predicted molar refractivity (Wildman–Crippen MR) is 57.6 cm³/mol. The average molecular weight is 204 g/mol. The molecule has 0 fully saturated rings. The van der Waals surface area contributed by atoms with Gasteiger partial charge in [-0.3, -0.25) is 0 Å². The smallest absolute Gasteiger partial charge is 0.0820 e. The lowest BCUT2D eigenvalue weighted by Gasteiger charge is -2.13. The van der Waals surface area contributed by atoms with E-state index in [4.69, 9.17) is 16.6 Å². The van der Waals surface area contributed by atoms with E-state index in [2.05, 4.69) is 0 Å². The molecule has 0 amide bonds. The third-order valence-electron chi connectivity index (χ3n) is 2.32. The summed E-state index contributed by atoms with van der Waals surface area (Å²) < 4.78 is 0. The molecule has 0 aromatic rings. The molecule has 0 bridgehead atoms. The second-order valence-electron chi connectivity index (χ2n) is 3.99. The summed E-state index contributed by atoms with van der Waals surface area (Å²) in [6.45, 7) is 1.80. The first-order valence-electron chi connectivity index (χ1n) is 5.41. The molecule has 6 N–H and O–H groups in total. The normalized spacial score (nSPS) is 15.9. The minimum Gasteiger partial charge on any atom is -0.393 e. The van der Waals surface area contributed by atoms with Crippen LogP contribution < -0.4 is 11.5 Å². The van der Waals surface area contributed by atoms with Gasteiger partial charge in [-0.25, -0.2) is 0 Å². The first kappa shape index (κ1) is 13.8. The van der Waals surface area contributed by atoms with Crippen LogP contribution in [0.5, 0.6) is 0 Å². The van der Waals surface area contributed by atoms with Gasteiger partial charge in [-0.05, 0) is 19.8 Å². The fraction of sp³-hybridized carbons (Fsp3) is 1.00. The lowest BCUT2D eigenvalue weighted by Crippen LogP contribution is -2.42. The van der Waals surface area contributed by atoms with Crippen molar-refractivity contribution in [1.82, 2.24) is 0 Å². The van der Waals surface area contributed by atoms with Gasteiger partial charge in [-0.2, -0.15) is 0 Å². The van der Waals surface area contributed by atoms with Gasteiger partial charge in [0.15, 0.2) is 0 Å². The quantitative estimate of drug-likeness (QED) is 0.338. The van der Waals surface area contributed by atoms with E-state index in [9.17, 15) is 5.11 Å². The van der Waals surface area contributed by atoms with Gasteiger partial charge in [-0.1, -0.05) is 25.7 Å². The highest BCUT2D eigenvalue weighted by Gasteiger charge is 2.08. The molecule has 2 atom stereocenters. The van der Waals surface area contributed by atoms with Crippen LogP contribution in [-0.4, -0.2) is 28.6 Å². The molecule has 0 aliphatic heterocycles. The van der Waals surface area contributed by atoms with Gasteiger partial charge in [0, 0.05) is 0 Å². The summed E-state index contributed by atoms with van der Waals surface area (Å²) in [5, 5.41) is 18.3. The van der Waals surface area contributed by atoms with Gasteiger partial charge in [0.1, 0.15) is 0 Å². The van der Waals surface area contributed by atoms with Gasteiger partial charge in [0.2, 0.25) is 0 Å². The van der Waals surface area contributed by atoms with Crippen LogP contribution in [0.25, 0.3) is 0 Å². The third kappa shape index (κ3) is 8.44. The Hall–Kier alpha value is -0.160. The second kappa shape index (κ2) is 8.17. The van der Waals surface area contributed by atoms with E-state index in [0.29, 0.717) is 6.42 Å². The van der Waals surface area contributed by atoms with Crippen LogP contribution in [0.3, 0.4) is 0 Å². The largest absolute Gasteiger partial charge is 0.393 e. The number of unbranched alkanes of at least 4 members (excludes halogenated alkanes) is 3. The second-order valence-corrected chi connectivity index (χ2v) is 3.99. The van der Waals surface area contributed by atoms with Crippen molar-refractivity contribution in [3.05, 3.63) is 0 Å². The molecular weight excluding hydrogens is 180 g/mol. The minimum absolute atomic E-state index is 0.196. The summed E-state index contributed by atoms with van der Waals surface area (Å²) in [5.41, 5.74) is 10.6. The molecule has 0 spiro atoms. The standard InChI is InChI=1S/C10H24N2O2/c1-8(13)6-4-2-3-5-7-9(14)10(11)12/h8-10,13-14H,2-7,11-12H2,1H3. The molecule has 0 aromatic carbocycles. The maximum absolute atomic E-state index is 9.28. The third-order valence-corrected chi connectivity index (χ3v) is 2.32. The van der Waals surface area contributed by atoms with Crippen LogP contribution in [0.15, 0.2) is 0 Å². The van der Waals surface area contributed by atoms with E-state index in [1.807, 2.05) is 0 Å². The van der Waals surface area contributed by atoms with Crippen molar-refractivity contribution in [2.24, 2.45) is 11.5 Å². The number of aliphatic hydroxyl groups excluding tert-OH is 2. The van der Waals surface area contributed by atoms with Crippen LogP contribution in [0, 0.1) is 0 Å². The predicted octanol–water partition coefficient (Wildman–Crippen LogP) is 0.312. The van der Waals surface area contributed by atoms with Gasteiger partial charge in [0.25, 0.3) is 0 Å². The maximum atomic E-state index is 9.28. The highest BCUT2D eigenvalue weighted by atomic mass is 16.3.